The van der Waals surface area contributed by atoms with Gasteiger partial charge in [-0.15, -0.1) is 23.1 Å². The van der Waals surface area contributed by atoms with Crippen molar-refractivity contribution in [3.63, 3.8) is 0 Å². The number of amides is 1. The third-order valence-electron chi connectivity index (χ3n) is 2.82. The van der Waals surface area contributed by atoms with E-state index in [9.17, 15) is 4.79 Å². The molecule has 1 amide bonds. The number of benzene rings is 1. The number of thiazole rings is 1. The topological polar surface area (TPSA) is 83.6 Å². The Bertz CT molecular complexity index is 752. The van der Waals surface area contributed by atoms with E-state index in [-0.39, 0.29) is 5.91 Å². The van der Waals surface area contributed by atoms with Crippen LogP contribution < -0.4 is 5.32 Å². The third-order valence-corrected chi connectivity index (χ3v) is 4.68. The zero-order valence-corrected chi connectivity index (χ0v) is 13.4. The van der Waals surface area contributed by atoms with Crippen LogP contribution in [0, 0.1) is 6.92 Å². The van der Waals surface area contributed by atoms with E-state index in [0.29, 0.717) is 11.5 Å². The van der Waals surface area contributed by atoms with Crippen molar-refractivity contribution in [3.8, 4) is 0 Å². The lowest BCUT2D eigenvalue weighted by atomic mass is 10.2. The Kier molecular flexibility index (Phi) is 4.50. The van der Waals surface area contributed by atoms with Crippen LogP contribution in [0.25, 0.3) is 0 Å². The zero-order valence-electron chi connectivity index (χ0n) is 11.7. The van der Waals surface area contributed by atoms with Gasteiger partial charge in [-0.1, -0.05) is 0 Å². The van der Waals surface area contributed by atoms with Gasteiger partial charge in [-0.2, -0.15) is 10.1 Å². The van der Waals surface area contributed by atoms with Crippen LogP contribution >= 0.6 is 23.1 Å². The van der Waals surface area contributed by atoms with Crippen molar-refractivity contribution in [2.45, 2.75) is 17.6 Å². The van der Waals surface area contributed by atoms with Crippen LogP contribution in [0.2, 0.25) is 0 Å². The van der Waals surface area contributed by atoms with E-state index in [2.05, 4.69) is 30.9 Å². The molecule has 6 nitrogen and oxygen atoms in total. The van der Waals surface area contributed by atoms with Gasteiger partial charge < -0.3 is 0 Å². The fourth-order valence-corrected chi connectivity index (χ4v) is 3.29. The molecule has 0 saturated carbocycles. The Hall–Kier alpha value is -2.19. The van der Waals surface area contributed by atoms with Gasteiger partial charge in [0.2, 0.25) is 5.95 Å². The summed E-state index contributed by atoms with van der Waals surface area (Å²) >= 11 is 3.35. The highest BCUT2D eigenvalue weighted by atomic mass is 32.2. The first kappa shape index (κ1) is 14.7. The Morgan fingerprint density at radius 2 is 2.18 bits per heavy atom. The van der Waals surface area contributed by atoms with Gasteiger partial charge in [0.25, 0.3) is 5.91 Å². The molecule has 1 aromatic carbocycles. The summed E-state index contributed by atoms with van der Waals surface area (Å²) in [6.45, 7) is 2.00. The van der Waals surface area contributed by atoms with Crippen molar-refractivity contribution in [2.24, 2.45) is 0 Å². The standard InChI is InChI=1S/C14H13N5OS2/c1-9-17-11(6-21-9)7-22-12-4-2-10(3-5-12)13(20)18-14-15-8-16-19-14/h2-6,8H,7H2,1H3,(H2,15,16,18,19,20). The highest BCUT2D eigenvalue weighted by Gasteiger charge is 2.08. The first-order valence-corrected chi connectivity index (χ1v) is 8.38. The van der Waals surface area contributed by atoms with Crippen LogP contribution in [0.15, 0.2) is 40.9 Å². The molecular weight excluding hydrogens is 318 g/mol. The number of aromatic nitrogens is 4. The summed E-state index contributed by atoms with van der Waals surface area (Å²) in [5.74, 6) is 0.944. The van der Waals surface area contributed by atoms with Crippen molar-refractivity contribution in [2.75, 3.05) is 5.32 Å². The number of anilines is 1. The molecule has 8 heteroatoms. The minimum absolute atomic E-state index is 0.219. The Morgan fingerprint density at radius 1 is 1.36 bits per heavy atom. The first-order chi connectivity index (χ1) is 10.7. The average molecular weight is 331 g/mol. The van der Waals surface area contributed by atoms with Gasteiger partial charge >= 0.3 is 0 Å². The predicted octanol–water partition coefficient (Wildman–Crippen LogP) is 3.11. The number of rotatable bonds is 5. The minimum atomic E-state index is -0.219. The summed E-state index contributed by atoms with van der Waals surface area (Å²) in [5, 5.41) is 12.0. The molecule has 0 unspecified atom stereocenters. The normalized spacial score (nSPS) is 10.6. The number of aromatic amines is 1. The molecule has 3 rings (SSSR count). The number of nitrogens with one attached hydrogen (secondary N) is 2. The number of aryl methyl sites for hydroxylation is 1. The van der Waals surface area contributed by atoms with Gasteiger partial charge in [0, 0.05) is 21.6 Å². The largest absolute Gasteiger partial charge is 0.291 e. The van der Waals surface area contributed by atoms with Crippen molar-refractivity contribution < 1.29 is 4.79 Å². The first-order valence-electron chi connectivity index (χ1n) is 6.51. The van der Waals surface area contributed by atoms with E-state index in [4.69, 9.17) is 0 Å². The smallest absolute Gasteiger partial charge is 0.258 e. The van der Waals surface area contributed by atoms with E-state index in [1.54, 1.807) is 35.2 Å². The van der Waals surface area contributed by atoms with Gasteiger partial charge in [0.15, 0.2) is 0 Å². The van der Waals surface area contributed by atoms with Crippen LogP contribution in [-0.2, 0) is 5.75 Å². The molecule has 2 heterocycles. The van der Waals surface area contributed by atoms with E-state index >= 15 is 0 Å². The number of carbonyl (C=O) groups is 1. The number of nitrogens with zero attached hydrogens (tertiary/aromatic N) is 3. The molecular formula is C14H13N5OS2. The lowest BCUT2D eigenvalue weighted by Crippen LogP contribution is -2.12. The second-order valence-electron chi connectivity index (χ2n) is 4.46. The fraction of sp³-hybridized carbons (Fsp3) is 0.143. The number of thioether (sulfide) groups is 1. The van der Waals surface area contributed by atoms with Gasteiger partial charge in [-0.05, 0) is 31.2 Å². The van der Waals surface area contributed by atoms with E-state index in [0.717, 1.165) is 21.3 Å². The Morgan fingerprint density at radius 3 is 2.82 bits per heavy atom. The molecule has 3 aromatic rings. The zero-order chi connectivity index (χ0) is 15.4. The molecule has 0 bridgehead atoms. The molecule has 0 fully saturated rings. The van der Waals surface area contributed by atoms with Crippen LogP contribution in [0.5, 0.6) is 0 Å². The van der Waals surface area contributed by atoms with E-state index < -0.39 is 0 Å². The predicted molar refractivity (Wildman–Crippen MR) is 87.2 cm³/mol. The second-order valence-corrected chi connectivity index (χ2v) is 6.57. The lowest BCUT2D eigenvalue weighted by Gasteiger charge is -2.03. The summed E-state index contributed by atoms with van der Waals surface area (Å²) < 4.78 is 0. The minimum Gasteiger partial charge on any atom is -0.291 e. The third kappa shape index (κ3) is 3.71. The fourth-order valence-electron chi connectivity index (χ4n) is 1.78. The maximum absolute atomic E-state index is 12.0. The number of carbonyl (C=O) groups excluding carboxylic acids is 1. The summed E-state index contributed by atoms with van der Waals surface area (Å²) in [4.78, 5) is 21.4. The molecule has 22 heavy (non-hydrogen) atoms. The van der Waals surface area contributed by atoms with Gasteiger partial charge in [0.1, 0.15) is 6.33 Å². The van der Waals surface area contributed by atoms with Gasteiger partial charge in [0.05, 0.1) is 10.7 Å². The Labute approximate surface area is 135 Å². The average Bonchev–Trinajstić information content (AvgIpc) is 3.17. The molecule has 0 aliphatic heterocycles. The molecule has 112 valence electrons. The van der Waals surface area contributed by atoms with E-state index in [1.807, 2.05) is 19.1 Å². The summed E-state index contributed by atoms with van der Waals surface area (Å²) in [7, 11) is 0. The van der Waals surface area contributed by atoms with Crippen molar-refractivity contribution in [1.29, 1.82) is 0 Å². The monoisotopic (exact) mass is 331 g/mol. The molecule has 0 saturated heterocycles. The molecule has 0 aliphatic carbocycles. The SMILES string of the molecule is Cc1nc(CSc2ccc(C(=O)Nc3ncn[nH]3)cc2)cs1. The molecule has 0 radical (unpaired) electrons. The molecule has 0 atom stereocenters. The van der Waals surface area contributed by atoms with E-state index in [1.165, 1.54) is 6.33 Å². The van der Waals surface area contributed by atoms with Crippen molar-refractivity contribution in [1.82, 2.24) is 20.2 Å². The molecule has 0 aliphatic rings. The number of H-pyrrole nitrogens is 1. The van der Waals surface area contributed by atoms with Crippen LogP contribution in [0.1, 0.15) is 21.1 Å². The maximum Gasteiger partial charge on any atom is 0.258 e. The lowest BCUT2D eigenvalue weighted by molar-refractivity contribution is 0.102. The molecule has 2 N–H and O–H groups in total. The summed E-state index contributed by atoms with van der Waals surface area (Å²) in [6.07, 6.45) is 1.34. The molecule has 2 aromatic heterocycles. The molecule has 0 spiro atoms. The Balaban J connectivity index is 1.58. The quantitative estimate of drug-likeness (QED) is 0.702. The highest BCUT2D eigenvalue weighted by Crippen LogP contribution is 2.24. The highest BCUT2D eigenvalue weighted by molar-refractivity contribution is 7.98. The van der Waals surface area contributed by atoms with Crippen molar-refractivity contribution >= 4 is 35.0 Å². The number of hydrogen-bond donors (Lipinski definition) is 2. The van der Waals surface area contributed by atoms with Gasteiger partial charge in [-0.25, -0.2) is 10.1 Å². The van der Waals surface area contributed by atoms with Crippen LogP contribution in [-0.4, -0.2) is 26.1 Å². The summed E-state index contributed by atoms with van der Waals surface area (Å²) in [6, 6.07) is 7.44. The van der Waals surface area contributed by atoms with Crippen LogP contribution in [0.4, 0.5) is 5.95 Å². The van der Waals surface area contributed by atoms with Crippen molar-refractivity contribution in [3.05, 3.63) is 52.2 Å². The maximum atomic E-state index is 12.0. The second kappa shape index (κ2) is 6.71. The van der Waals surface area contributed by atoms with Gasteiger partial charge in [-0.3, -0.25) is 10.1 Å². The summed E-state index contributed by atoms with van der Waals surface area (Å²) in [5.41, 5.74) is 1.66. The number of hydrogen-bond acceptors (Lipinski definition) is 6. The van der Waals surface area contributed by atoms with Crippen LogP contribution in [0.3, 0.4) is 0 Å².